The number of halogens is 2. The van der Waals surface area contributed by atoms with Gasteiger partial charge in [0.05, 0.1) is 34.9 Å². The van der Waals surface area contributed by atoms with E-state index in [-0.39, 0.29) is 17.9 Å². The normalized spacial score (nSPS) is 10.9. The van der Waals surface area contributed by atoms with Crippen LogP contribution in [0.25, 0.3) is 10.2 Å². The smallest absolute Gasteiger partial charge is 0.387 e. The van der Waals surface area contributed by atoms with E-state index in [0.717, 1.165) is 22.3 Å². The van der Waals surface area contributed by atoms with Crippen LogP contribution in [0.3, 0.4) is 0 Å². The summed E-state index contributed by atoms with van der Waals surface area (Å²) >= 11 is 1.37. The molecule has 3 rings (SSSR count). The number of ether oxygens (including phenoxy) is 2. The molecule has 8 nitrogen and oxygen atoms in total. The summed E-state index contributed by atoms with van der Waals surface area (Å²) in [5.74, 6) is -1.53. The van der Waals surface area contributed by atoms with E-state index in [4.69, 9.17) is 4.74 Å². The Hall–Kier alpha value is -3.34. The number of para-hydroxylation sites is 1. The number of rotatable bonds is 7. The van der Waals surface area contributed by atoms with Crippen molar-refractivity contribution >= 4 is 33.1 Å². The quantitative estimate of drug-likeness (QED) is 0.471. The van der Waals surface area contributed by atoms with Crippen LogP contribution in [0.2, 0.25) is 0 Å². The molecule has 0 radical (unpaired) electrons. The van der Waals surface area contributed by atoms with Gasteiger partial charge in [-0.1, -0.05) is 12.1 Å². The van der Waals surface area contributed by atoms with Gasteiger partial charge in [0.25, 0.3) is 11.6 Å². The number of carbonyl (C=O) groups excluding carboxylic acids is 1. The van der Waals surface area contributed by atoms with Gasteiger partial charge in [0.15, 0.2) is 11.5 Å². The van der Waals surface area contributed by atoms with Crippen molar-refractivity contribution in [1.82, 2.24) is 10.3 Å². The Labute approximate surface area is 160 Å². The van der Waals surface area contributed by atoms with Crippen molar-refractivity contribution in [3.05, 3.63) is 57.1 Å². The van der Waals surface area contributed by atoms with E-state index < -0.39 is 28.9 Å². The molecule has 0 atom stereocenters. The number of nitro benzene ring substituents is 1. The average Bonchev–Trinajstić information content (AvgIpc) is 3.08. The maximum Gasteiger partial charge on any atom is 0.387 e. The Balaban J connectivity index is 1.85. The number of nitro groups is 1. The number of fused-ring (bicyclic) bond motifs is 1. The lowest BCUT2D eigenvalue weighted by molar-refractivity contribution is -0.385. The predicted molar refractivity (Wildman–Crippen MR) is 97.1 cm³/mol. The third-order valence-corrected chi connectivity index (χ3v) is 4.71. The lowest BCUT2D eigenvalue weighted by atomic mass is 10.1. The molecule has 1 amide bonds. The molecule has 2 aromatic carbocycles. The van der Waals surface area contributed by atoms with Crippen molar-refractivity contribution in [2.75, 3.05) is 7.11 Å². The first-order valence-corrected chi connectivity index (χ1v) is 8.64. The maximum absolute atomic E-state index is 12.5. The fourth-order valence-electron chi connectivity index (χ4n) is 2.48. The Morgan fingerprint density at radius 2 is 2.07 bits per heavy atom. The Morgan fingerprint density at radius 3 is 2.71 bits per heavy atom. The van der Waals surface area contributed by atoms with Gasteiger partial charge in [-0.3, -0.25) is 14.9 Å². The minimum atomic E-state index is -3.20. The van der Waals surface area contributed by atoms with E-state index in [1.54, 1.807) is 0 Å². The van der Waals surface area contributed by atoms with Crippen molar-refractivity contribution in [2.24, 2.45) is 0 Å². The molecule has 0 aliphatic rings. The van der Waals surface area contributed by atoms with Gasteiger partial charge in [-0.05, 0) is 12.1 Å². The van der Waals surface area contributed by atoms with Gasteiger partial charge >= 0.3 is 6.61 Å². The summed E-state index contributed by atoms with van der Waals surface area (Å²) < 4.78 is 35.0. The standard InChI is InChI=1S/C17H13F2N3O5S/c1-26-12-6-9(11(22(24)25)7-13(12)27-17(18)19)16(23)20-8-15-21-10-4-2-3-5-14(10)28-15/h2-7,17H,8H2,1H3,(H,20,23). The first kappa shape index (κ1) is 19.4. The predicted octanol–water partition coefficient (Wildman–Crippen LogP) is 3.74. The van der Waals surface area contributed by atoms with Crippen LogP contribution in [0.1, 0.15) is 15.4 Å². The third-order valence-electron chi connectivity index (χ3n) is 3.68. The molecule has 0 bridgehead atoms. The Morgan fingerprint density at radius 1 is 1.32 bits per heavy atom. The molecule has 3 aromatic rings. The molecule has 0 aliphatic carbocycles. The molecule has 1 heterocycles. The molecular formula is C17H13F2N3O5S. The fourth-order valence-corrected chi connectivity index (χ4v) is 3.38. The minimum absolute atomic E-state index is 0.0485. The number of benzene rings is 2. The second-order valence-corrected chi connectivity index (χ2v) is 6.53. The Kier molecular flexibility index (Phi) is 5.64. The second kappa shape index (κ2) is 8.13. The van der Waals surface area contributed by atoms with E-state index in [2.05, 4.69) is 15.0 Å². The lowest BCUT2D eigenvalue weighted by Crippen LogP contribution is -2.24. The largest absolute Gasteiger partial charge is 0.493 e. The molecule has 0 aliphatic heterocycles. The summed E-state index contributed by atoms with van der Waals surface area (Å²) in [7, 11) is 1.17. The molecule has 0 fully saturated rings. The number of nitrogens with one attached hydrogen (secondary N) is 1. The number of hydrogen-bond donors (Lipinski definition) is 1. The monoisotopic (exact) mass is 409 g/mol. The van der Waals surface area contributed by atoms with Crippen LogP contribution < -0.4 is 14.8 Å². The van der Waals surface area contributed by atoms with Crippen LogP contribution >= 0.6 is 11.3 Å². The number of carbonyl (C=O) groups is 1. The van der Waals surface area contributed by atoms with Crippen LogP contribution in [0.4, 0.5) is 14.5 Å². The maximum atomic E-state index is 12.5. The van der Waals surface area contributed by atoms with Crippen molar-refractivity contribution in [2.45, 2.75) is 13.2 Å². The molecule has 146 valence electrons. The molecule has 0 saturated heterocycles. The van der Waals surface area contributed by atoms with E-state index in [9.17, 15) is 23.7 Å². The summed E-state index contributed by atoms with van der Waals surface area (Å²) in [6.07, 6.45) is 0. The molecular weight excluding hydrogens is 396 g/mol. The fraction of sp³-hybridized carbons (Fsp3) is 0.176. The Bertz CT molecular complexity index is 1010. The van der Waals surface area contributed by atoms with Gasteiger partial charge in [-0.2, -0.15) is 8.78 Å². The summed E-state index contributed by atoms with van der Waals surface area (Å²) in [5.41, 5.74) is -0.249. The highest BCUT2D eigenvalue weighted by Gasteiger charge is 2.26. The number of hydrogen-bond acceptors (Lipinski definition) is 7. The van der Waals surface area contributed by atoms with Crippen molar-refractivity contribution < 1.29 is 28.0 Å². The summed E-state index contributed by atoms with van der Waals surface area (Å²) in [4.78, 5) is 27.3. The lowest BCUT2D eigenvalue weighted by Gasteiger charge is -2.12. The van der Waals surface area contributed by atoms with Gasteiger partial charge in [0.2, 0.25) is 0 Å². The van der Waals surface area contributed by atoms with Crippen LogP contribution in [-0.4, -0.2) is 29.5 Å². The minimum Gasteiger partial charge on any atom is -0.493 e. The van der Waals surface area contributed by atoms with Crippen LogP contribution in [0, 0.1) is 10.1 Å². The molecule has 0 saturated carbocycles. The van der Waals surface area contributed by atoms with Gasteiger partial charge in [0.1, 0.15) is 10.6 Å². The first-order chi connectivity index (χ1) is 13.4. The molecule has 1 aromatic heterocycles. The molecule has 11 heteroatoms. The number of alkyl halides is 2. The van der Waals surface area contributed by atoms with Gasteiger partial charge in [-0.15, -0.1) is 11.3 Å². The van der Waals surface area contributed by atoms with E-state index in [1.165, 1.54) is 18.4 Å². The highest BCUT2D eigenvalue weighted by Crippen LogP contribution is 2.35. The highest BCUT2D eigenvalue weighted by molar-refractivity contribution is 7.18. The molecule has 0 spiro atoms. The zero-order chi connectivity index (χ0) is 20.3. The highest BCUT2D eigenvalue weighted by atomic mass is 32.1. The number of nitrogens with zero attached hydrogens (tertiary/aromatic N) is 2. The zero-order valence-electron chi connectivity index (χ0n) is 14.3. The van der Waals surface area contributed by atoms with E-state index >= 15 is 0 Å². The van der Waals surface area contributed by atoms with Crippen molar-refractivity contribution in [3.8, 4) is 11.5 Å². The van der Waals surface area contributed by atoms with Crippen molar-refractivity contribution in [1.29, 1.82) is 0 Å². The van der Waals surface area contributed by atoms with Crippen molar-refractivity contribution in [3.63, 3.8) is 0 Å². The van der Waals surface area contributed by atoms with Crippen LogP contribution in [0.5, 0.6) is 11.5 Å². The summed E-state index contributed by atoms with van der Waals surface area (Å²) in [5, 5.41) is 14.4. The van der Waals surface area contributed by atoms with Crippen LogP contribution in [0.15, 0.2) is 36.4 Å². The van der Waals surface area contributed by atoms with Gasteiger partial charge < -0.3 is 14.8 Å². The SMILES string of the molecule is COc1cc(C(=O)NCc2nc3ccccc3s2)c([N+](=O)[O-])cc1OC(F)F. The van der Waals surface area contributed by atoms with E-state index in [1.807, 2.05) is 24.3 Å². The third kappa shape index (κ3) is 4.14. The first-order valence-electron chi connectivity index (χ1n) is 7.83. The summed E-state index contributed by atoms with van der Waals surface area (Å²) in [6, 6.07) is 9.14. The zero-order valence-corrected chi connectivity index (χ0v) is 15.2. The number of thiazole rings is 1. The number of methoxy groups -OCH3 is 1. The summed E-state index contributed by atoms with van der Waals surface area (Å²) in [6.45, 7) is -3.15. The molecule has 0 unspecified atom stereocenters. The van der Waals surface area contributed by atoms with Crippen LogP contribution in [-0.2, 0) is 6.54 Å². The molecule has 28 heavy (non-hydrogen) atoms. The average molecular weight is 409 g/mol. The van der Waals surface area contributed by atoms with Gasteiger partial charge in [0, 0.05) is 6.07 Å². The van der Waals surface area contributed by atoms with E-state index in [0.29, 0.717) is 5.01 Å². The molecule has 1 N–H and O–H groups in total. The van der Waals surface area contributed by atoms with Gasteiger partial charge in [-0.25, -0.2) is 4.98 Å². The number of amides is 1. The topological polar surface area (TPSA) is 104 Å². The second-order valence-electron chi connectivity index (χ2n) is 5.41. The number of aromatic nitrogens is 1.